The van der Waals surface area contributed by atoms with Crippen LogP contribution >= 0.6 is 11.8 Å². The van der Waals surface area contributed by atoms with Gasteiger partial charge in [-0.3, -0.25) is 19.4 Å². The molecule has 12 nitrogen and oxygen atoms in total. The second-order valence-corrected chi connectivity index (χ2v) is 10.2. The lowest BCUT2D eigenvalue weighted by Crippen LogP contribution is -2.58. The number of benzene rings is 1. The number of carboxylic acids is 1. The number of nitrogens with zero attached hydrogens (tertiary/aromatic N) is 1. The van der Waals surface area contributed by atoms with Gasteiger partial charge in [-0.25, -0.2) is 4.79 Å². The van der Waals surface area contributed by atoms with E-state index in [4.69, 9.17) is 17.2 Å². The van der Waals surface area contributed by atoms with Gasteiger partial charge >= 0.3 is 5.97 Å². The van der Waals surface area contributed by atoms with Gasteiger partial charge in [0, 0.05) is 6.54 Å². The van der Waals surface area contributed by atoms with Crippen LogP contribution in [-0.4, -0.2) is 77.5 Å². The zero-order chi connectivity index (χ0) is 28.7. The molecular weight excluding hydrogens is 510 g/mol. The third kappa shape index (κ3) is 12.3. The summed E-state index contributed by atoms with van der Waals surface area (Å²) in [5.41, 5.74) is 17.5. The van der Waals surface area contributed by atoms with Crippen LogP contribution in [0.5, 0.6) is 0 Å². The van der Waals surface area contributed by atoms with E-state index in [1.807, 2.05) is 36.6 Å². The van der Waals surface area contributed by atoms with Crippen LogP contribution in [0.25, 0.3) is 0 Å². The van der Waals surface area contributed by atoms with Crippen LogP contribution in [0.15, 0.2) is 35.3 Å². The summed E-state index contributed by atoms with van der Waals surface area (Å²) in [4.78, 5) is 54.4. The Balaban J connectivity index is 2.87. The van der Waals surface area contributed by atoms with Gasteiger partial charge < -0.3 is 38.3 Å². The average Bonchev–Trinajstić information content (AvgIpc) is 2.86. The zero-order valence-corrected chi connectivity index (χ0v) is 23.0. The lowest BCUT2D eigenvalue weighted by atomic mass is 10.0. The third-order valence-corrected chi connectivity index (χ3v) is 6.33. The lowest BCUT2D eigenvalue weighted by Gasteiger charge is -2.27. The Morgan fingerprint density at radius 3 is 2.13 bits per heavy atom. The highest BCUT2D eigenvalue weighted by atomic mass is 32.2. The molecule has 0 saturated heterocycles. The van der Waals surface area contributed by atoms with E-state index in [2.05, 4.69) is 20.9 Å². The van der Waals surface area contributed by atoms with Gasteiger partial charge in [0.15, 0.2) is 5.96 Å². The first kappa shape index (κ1) is 32.7. The number of nitrogens with one attached hydrogen (secondary N) is 3. The molecule has 3 amide bonds. The predicted molar refractivity (Wildman–Crippen MR) is 149 cm³/mol. The van der Waals surface area contributed by atoms with Gasteiger partial charge in [0.2, 0.25) is 17.7 Å². The van der Waals surface area contributed by atoms with E-state index < -0.39 is 47.9 Å². The molecule has 0 fully saturated rings. The smallest absolute Gasteiger partial charge is 0.326 e. The normalized spacial score (nSPS) is 14.0. The predicted octanol–water partition coefficient (Wildman–Crippen LogP) is -0.442. The van der Waals surface area contributed by atoms with E-state index in [9.17, 15) is 24.3 Å². The number of nitrogens with two attached hydrogens (primary N) is 3. The Bertz CT molecular complexity index is 941. The number of carbonyl (C=O) groups excluding carboxylic acids is 3. The van der Waals surface area contributed by atoms with Crippen LogP contribution in [0.1, 0.15) is 38.7 Å². The van der Waals surface area contributed by atoms with Crippen molar-refractivity contribution >= 4 is 41.4 Å². The van der Waals surface area contributed by atoms with Crippen LogP contribution in [0.3, 0.4) is 0 Å². The molecular formula is C25H41N7O5S. The fourth-order valence-electron chi connectivity index (χ4n) is 3.56. The minimum atomic E-state index is -1.21. The minimum Gasteiger partial charge on any atom is -0.480 e. The standard InChI is InChI=1S/C25H41N7O5S/c1-15(2)20(23(35)31-19(24(36)37)10-7-12-29-25(27)28)32-22(34)18(11-13-38-3)30-21(33)17(26)14-16-8-5-4-6-9-16/h4-6,8-9,15,17-20H,7,10-14,26H2,1-3H3,(H,30,33)(H,31,35)(H,32,34)(H,36,37)(H4,27,28,29). The van der Waals surface area contributed by atoms with Gasteiger partial charge in [-0.15, -0.1) is 0 Å². The zero-order valence-electron chi connectivity index (χ0n) is 22.2. The first-order valence-corrected chi connectivity index (χ1v) is 13.8. The van der Waals surface area contributed by atoms with E-state index in [-0.39, 0.29) is 24.8 Å². The molecule has 0 aliphatic carbocycles. The third-order valence-electron chi connectivity index (χ3n) is 5.69. The van der Waals surface area contributed by atoms with Crippen molar-refractivity contribution in [2.24, 2.45) is 28.1 Å². The lowest BCUT2D eigenvalue weighted by molar-refractivity contribution is -0.142. The molecule has 4 atom stereocenters. The number of guanidine groups is 1. The Kier molecular flexibility index (Phi) is 14.8. The molecule has 38 heavy (non-hydrogen) atoms. The van der Waals surface area contributed by atoms with E-state index in [0.29, 0.717) is 25.0 Å². The topological polar surface area (TPSA) is 215 Å². The van der Waals surface area contributed by atoms with Gasteiger partial charge in [0.25, 0.3) is 0 Å². The highest BCUT2D eigenvalue weighted by Gasteiger charge is 2.31. The molecule has 0 spiro atoms. The number of amides is 3. The molecule has 1 aromatic carbocycles. The van der Waals surface area contributed by atoms with Crippen molar-refractivity contribution in [3.8, 4) is 0 Å². The Hall–Kier alpha value is -3.32. The summed E-state index contributed by atoms with van der Waals surface area (Å²) in [5.74, 6) is -2.75. The quantitative estimate of drug-likeness (QED) is 0.0757. The van der Waals surface area contributed by atoms with Crippen LogP contribution < -0.4 is 33.2 Å². The minimum absolute atomic E-state index is 0.0995. The van der Waals surface area contributed by atoms with Crippen molar-refractivity contribution in [3.05, 3.63) is 35.9 Å². The molecule has 0 aromatic heterocycles. The number of carboxylic acid groups (broad SMARTS) is 1. The Morgan fingerprint density at radius 1 is 0.947 bits per heavy atom. The summed E-state index contributed by atoms with van der Waals surface area (Å²) >= 11 is 1.51. The van der Waals surface area contributed by atoms with E-state index in [1.54, 1.807) is 13.8 Å². The highest BCUT2D eigenvalue weighted by Crippen LogP contribution is 2.09. The van der Waals surface area contributed by atoms with Gasteiger partial charge in [0.05, 0.1) is 6.04 Å². The summed E-state index contributed by atoms with van der Waals surface area (Å²) in [5, 5.41) is 17.4. The van der Waals surface area contributed by atoms with Gasteiger partial charge in [0.1, 0.15) is 18.1 Å². The number of hydrogen-bond acceptors (Lipinski definition) is 7. The molecule has 0 saturated carbocycles. The van der Waals surface area contributed by atoms with E-state index in [1.165, 1.54) is 11.8 Å². The van der Waals surface area contributed by atoms with E-state index >= 15 is 0 Å². The molecule has 1 rings (SSSR count). The van der Waals surface area contributed by atoms with Crippen molar-refractivity contribution in [1.29, 1.82) is 0 Å². The van der Waals surface area contributed by atoms with Gasteiger partial charge in [-0.2, -0.15) is 11.8 Å². The molecule has 1 aromatic rings. The summed E-state index contributed by atoms with van der Waals surface area (Å²) in [7, 11) is 0. The molecule has 0 aliphatic rings. The fourth-order valence-corrected chi connectivity index (χ4v) is 4.03. The molecule has 212 valence electrons. The SMILES string of the molecule is CSCCC(NC(=O)C(N)Cc1ccccc1)C(=O)NC(C(=O)NC(CCCN=C(N)N)C(=O)O)C(C)C. The average molecular weight is 552 g/mol. The van der Waals surface area contributed by atoms with Crippen LogP contribution in [0.2, 0.25) is 0 Å². The van der Waals surface area contributed by atoms with Crippen LogP contribution in [0.4, 0.5) is 0 Å². The number of hydrogen-bond donors (Lipinski definition) is 7. The maximum absolute atomic E-state index is 13.2. The summed E-state index contributed by atoms with van der Waals surface area (Å²) < 4.78 is 0. The number of thioether (sulfide) groups is 1. The molecule has 0 bridgehead atoms. The van der Waals surface area contributed by atoms with Crippen LogP contribution in [-0.2, 0) is 25.6 Å². The second kappa shape index (κ2) is 17.2. The van der Waals surface area contributed by atoms with Crippen molar-refractivity contribution in [2.45, 2.75) is 63.7 Å². The molecule has 10 N–H and O–H groups in total. The maximum Gasteiger partial charge on any atom is 0.326 e. The van der Waals surface area contributed by atoms with Crippen molar-refractivity contribution in [3.63, 3.8) is 0 Å². The Morgan fingerprint density at radius 2 is 1.58 bits per heavy atom. The van der Waals surface area contributed by atoms with E-state index in [0.717, 1.165) is 5.56 Å². The fraction of sp³-hybridized carbons (Fsp3) is 0.560. The van der Waals surface area contributed by atoms with Crippen molar-refractivity contribution < 1.29 is 24.3 Å². The highest BCUT2D eigenvalue weighted by molar-refractivity contribution is 7.98. The Labute approximate surface area is 227 Å². The summed E-state index contributed by atoms with van der Waals surface area (Å²) in [6.07, 6.45) is 2.94. The number of aliphatic imine (C=N–C) groups is 1. The number of carbonyl (C=O) groups is 4. The number of aliphatic carboxylic acids is 1. The van der Waals surface area contributed by atoms with Crippen LogP contribution in [0, 0.1) is 5.92 Å². The molecule has 0 heterocycles. The first-order valence-electron chi connectivity index (χ1n) is 12.4. The molecule has 4 unspecified atom stereocenters. The summed E-state index contributed by atoms with van der Waals surface area (Å²) in [6, 6.07) is 5.32. The molecule has 0 aliphatic heterocycles. The number of rotatable bonds is 17. The van der Waals surface area contributed by atoms with Crippen molar-refractivity contribution in [2.75, 3.05) is 18.6 Å². The monoisotopic (exact) mass is 551 g/mol. The largest absolute Gasteiger partial charge is 0.480 e. The van der Waals surface area contributed by atoms with Crippen molar-refractivity contribution in [1.82, 2.24) is 16.0 Å². The molecule has 0 radical (unpaired) electrons. The second-order valence-electron chi connectivity index (χ2n) is 9.22. The molecule has 13 heteroatoms. The maximum atomic E-state index is 13.2. The summed E-state index contributed by atoms with van der Waals surface area (Å²) in [6.45, 7) is 3.67. The van der Waals surface area contributed by atoms with Gasteiger partial charge in [-0.05, 0) is 49.2 Å². The van der Waals surface area contributed by atoms with Gasteiger partial charge in [-0.1, -0.05) is 44.2 Å². The first-order chi connectivity index (χ1) is 18.0.